The molecule has 7 nitrogen and oxygen atoms in total. The molecule has 1 amide bonds. The first-order valence-electron chi connectivity index (χ1n) is 7.47. The van der Waals surface area contributed by atoms with Crippen LogP contribution in [0, 0.1) is 10.1 Å². The Kier molecular flexibility index (Phi) is 4.90. The molecule has 1 heterocycles. The molecule has 2 aromatic carbocycles. The van der Waals surface area contributed by atoms with Crippen LogP contribution in [0.4, 0.5) is 11.4 Å². The fraction of sp³-hybridized carbons (Fsp3) is 0.0556. The van der Waals surface area contributed by atoms with Crippen molar-refractivity contribution < 1.29 is 18.9 Å². The summed E-state index contributed by atoms with van der Waals surface area (Å²) >= 11 is 5.85. The number of furan rings is 1. The molecule has 132 valence electrons. The molecular weight excluding hydrogens is 360 g/mol. The van der Waals surface area contributed by atoms with Gasteiger partial charge in [0.2, 0.25) is 0 Å². The van der Waals surface area contributed by atoms with E-state index in [1.165, 1.54) is 31.4 Å². The number of amides is 1. The van der Waals surface area contributed by atoms with Crippen LogP contribution >= 0.6 is 11.6 Å². The Morgan fingerprint density at radius 2 is 1.88 bits per heavy atom. The van der Waals surface area contributed by atoms with Gasteiger partial charge in [0.15, 0.2) is 5.76 Å². The molecule has 0 fully saturated rings. The zero-order valence-corrected chi connectivity index (χ0v) is 14.3. The molecule has 0 unspecified atom stereocenters. The number of carbonyl (C=O) groups excluding carboxylic acids is 1. The molecule has 26 heavy (non-hydrogen) atoms. The molecule has 0 radical (unpaired) electrons. The van der Waals surface area contributed by atoms with Crippen molar-refractivity contribution in [2.75, 3.05) is 12.4 Å². The van der Waals surface area contributed by atoms with Crippen LogP contribution in [0.2, 0.25) is 5.02 Å². The van der Waals surface area contributed by atoms with Crippen LogP contribution in [0.25, 0.3) is 11.3 Å². The van der Waals surface area contributed by atoms with E-state index >= 15 is 0 Å². The van der Waals surface area contributed by atoms with Crippen molar-refractivity contribution in [2.24, 2.45) is 0 Å². The van der Waals surface area contributed by atoms with Crippen molar-refractivity contribution in [2.45, 2.75) is 0 Å². The summed E-state index contributed by atoms with van der Waals surface area (Å²) < 4.78 is 10.5. The number of hydrogen-bond acceptors (Lipinski definition) is 5. The van der Waals surface area contributed by atoms with Gasteiger partial charge in [-0.15, -0.1) is 0 Å². The minimum absolute atomic E-state index is 0.0278. The molecule has 0 spiro atoms. The standard InChI is InChI=1S/C18H13ClN2O5/c1-25-13-6-7-14(15(10-13)21(23)24)20-18(22)17-9-8-16(26-17)11-2-4-12(19)5-3-11/h2-10H,1H3,(H,20,22). The number of rotatable bonds is 5. The van der Waals surface area contributed by atoms with Crippen LogP contribution in [0.15, 0.2) is 59.0 Å². The molecule has 8 heteroatoms. The highest BCUT2D eigenvalue weighted by Gasteiger charge is 2.20. The SMILES string of the molecule is COc1ccc(NC(=O)c2ccc(-c3ccc(Cl)cc3)o2)c([N+](=O)[O-])c1. The summed E-state index contributed by atoms with van der Waals surface area (Å²) in [6.45, 7) is 0. The highest BCUT2D eigenvalue weighted by Crippen LogP contribution is 2.30. The molecule has 0 saturated heterocycles. The topological polar surface area (TPSA) is 94.6 Å². The molecule has 3 rings (SSSR count). The highest BCUT2D eigenvalue weighted by molar-refractivity contribution is 6.30. The monoisotopic (exact) mass is 372 g/mol. The maximum atomic E-state index is 12.4. The number of nitro benzene ring substituents is 1. The number of ether oxygens (including phenoxy) is 1. The van der Waals surface area contributed by atoms with Crippen LogP contribution in [-0.2, 0) is 0 Å². The van der Waals surface area contributed by atoms with Crippen molar-refractivity contribution >= 4 is 28.9 Å². The number of methoxy groups -OCH3 is 1. The number of halogens is 1. The van der Waals surface area contributed by atoms with Gasteiger partial charge in [-0.3, -0.25) is 14.9 Å². The summed E-state index contributed by atoms with van der Waals surface area (Å²) in [5, 5.41) is 14.3. The smallest absolute Gasteiger partial charge is 0.296 e. The van der Waals surface area contributed by atoms with Gasteiger partial charge in [0.05, 0.1) is 18.1 Å². The molecule has 0 aliphatic carbocycles. The molecule has 0 aliphatic rings. The summed E-state index contributed by atoms with van der Waals surface area (Å²) in [4.78, 5) is 23.0. The predicted octanol–water partition coefficient (Wildman–Crippen LogP) is 4.77. The highest BCUT2D eigenvalue weighted by atomic mass is 35.5. The Bertz CT molecular complexity index is 966. The van der Waals surface area contributed by atoms with Gasteiger partial charge in [-0.05, 0) is 48.5 Å². The Morgan fingerprint density at radius 3 is 2.54 bits per heavy atom. The number of benzene rings is 2. The normalized spacial score (nSPS) is 10.4. The zero-order chi connectivity index (χ0) is 18.7. The first kappa shape index (κ1) is 17.5. The molecule has 0 bridgehead atoms. The minimum atomic E-state index is -0.599. The van der Waals surface area contributed by atoms with Crippen molar-refractivity contribution in [1.82, 2.24) is 0 Å². The van der Waals surface area contributed by atoms with E-state index in [1.54, 1.807) is 30.3 Å². The largest absolute Gasteiger partial charge is 0.496 e. The average Bonchev–Trinajstić information content (AvgIpc) is 3.12. The summed E-state index contributed by atoms with van der Waals surface area (Å²) in [5.74, 6) is 0.229. The number of hydrogen-bond donors (Lipinski definition) is 1. The number of nitrogens with one attached hydrogen (secondary N) is 1. The van der Waals surface area contributed by atoms with Crippen molar-refractivity contribution in [1.29, 1.82) is 0 Å². The van der Waals surface area contributed by atoms with Crippen LogP contribution in [0.1, 0.15) is 10.6 Å². The number of nitro groups is 1. The van der Waals surface area contributed by atoms with Crippen molar-refractivity contribution in [3.63, 3.8) is 0 Å². The maximum absolute atomic E-state index is 12.4. The maximum Gasteiger partial charge on any atom is 0.296 e. The molecule has 3 aromatic rings. The van der Waals surface area contributed by atoms with Crippen molar-refractivity contribution in [3.8, 4) is 17.1 Å². The molecule has 1 aromatic heterocycles. The number of anilines is 1. The van der Waals surface area contributed by atoms with Crippen LogP contribution in [0.5, 0.6) is 5.75 Å². The van der Waals surface area contributed by atoms with Gasteiger partial charge in [-0.25, -0.2) is 0 Å². The average molecular weight is 373 g/mol. The summed E-state index contributed by atoms with van der Waals surface area (Å²) in [7, 11) is 1.40. The second-order valence-electron chi connectivity index (χ2n) is 5.27. The second kappa shape index (κ2) is 7.28. The first-order valence-corrected chi connectivity index (χ1v) is 7.85. The Morgan fingerprint density at radius 1 is 1.15 bits per heavy atom. The van der Waals surface area contributed by atoms with Crippen molar-refractivity contribution in [3.05, 3.63) is 75.5 Å². The third kappa shape index (κ3) is 3.68. The first-order chi connectivity index (χ1) is 12.5. The Labute approximate surface area is 153 Å². The quantitative estimate of drug-likeness (QED) is 0.514. The van der Waals surface area contributed by atoms with Gasteiger partial charge < -0.3 is 14.5 Å². The molecule has 1 N–H and O–H groups in total. The summed E-state index contributed by atoms with van der Waals surface area (Å²) in [6.07, 6.45) is 0. The lowest BCUT2D eigenvalue weighted by molar-refractivity contribution is -0.384. The van der Waals surface area contributed by atoms with Gasteiger partial charge in [0.1, 0.15) is 17.2 Å². The third-order valence-corrected chi connectivity index (χ3v) is 3.86. The van der Waals surface area contributed by atoms with Gasteiger partial charge in [0.25, 0.3) is 11.6 Å². The minimum Gasteiger partial charge on any atom is -0.496 e. The zero-order valence-electron chi connectivity index (χ0n) is 13.6. The van der Waals surface area contributed by atoms with Crippen LogP contribution < -0.4 is 10.1 Å². The lowest BCUT2D eigenvalue weighted by Crippen LogP contribution is -2.12. The van der Waals surface area contributed by atoms with E-state index in [9.17, 15) is 14.9 Å². The molecule has 0 saturated carbocycles. The summed E-state index contributed by atoms with van der Waals surface area (Å²) in [5.41, 5.74) is 0.524. The van der Waals surface area contributed by atoms with Crippen LogP contribution in [-0.4, -0.2) is 17.9 Å². The predicted molar refractivity (Wildman–Crippen MR) is 96.8 cm³/mol. The molecular formula is C18H13ClN2O5. The molecule has 0 atom stereocenters. The van der Waals surface area contributed by atoms with Crippen LogP contribution in [0.3, 0.4) is 0 Å². The van der Waals surface area contributed by atoms with Gasteiger partial charge in [0, 0.05) is 10.6 Å². The number of carbonyl (C=O) groups is 1. The Balaban J connectivity index is 1.83. The van der Waals surface area contributed by atoms with E-state index in [2.05, 4.69) is 5.32 Å². The van der Waals surface area contributed by atoms with E-state index in [1.807, 2.05) is 0 Å². The van der Waals surface area contributed by atoms with E-state index in [4.69, 9.17) is 20.8 Å². The summed E-state index contributed by atoms with van der Waals surface area (Å²) in [6, 6.07) is 14.2. The lowest BCUT2D eigenvalue weighted by atomic mass is 10.2. The fourth-order valence-electron chi connectivity index (χ4n) is 2.31. The van der Waals surface area contributed by atoms with Gasteiger partial charge in [-0.1, -0.05) is 11.6 Å². The van der Waals surface area contributed by atoms with E-state index in [0.717, 1.165) is 5.56 Å². The van der Waals surface area contributed by atoms with E-state index < -0.39 is 10.8 Å². The third-order valence-electron chi connectivity index (χ3n) is 3.61. The lowest BCUT2D eigenvalue weighted by Gasteiger charge is -2.06. The van der Waals surface area contributed by atoms with E-state index in [0.29, 0.717) is 16.5 Å². The number of nitrogens with zero attached hydrogens (tertiary/aromatic N) is 1. The van der Waals surface area contributed by atoms with Gasteiger partial charge >= 0.3 is 0 Å². The molecule has 0 aliphatic heterocycles. The fourth-order valence-corrected chi connectivity index (χ4v) is 2.43. The van der Waals surface area contributed by atoms with Gasteiger partial charge in [-0.2, -0.15) is 0 Å². The Hall–Kier alpha value is -3.32. The van der Waals surface area contributed by atoms with E-state index in [-0.39, 0.29) is 17.1 Å². The second-order valence-corrected chi connectivity index (χ2v) is 5.70.